The van der Waals surface area contributed by atoms with E-state index in [4.69, 9.17) is 9.47 Å². The lowest BCUT2D eigenvalue weighted by Crippen LogP contribution is -2.49. The molecule has 6 nitrogen and oxygen atoms in total. The zero-order valence-corrected chi connectivity index (χ0v) is 23.5. The van der Waals surface area contributed by atoms with Gasteiger partial charge >= 0.3 is 0 Å². The van der Waals surface area contributed by atoms with Gasteiger partial charge in [-0.05, 0) is 62.4 Å². The van der Waals surface area contributed by atoms with E-state index < -0.39 is 0 Å². The molecule has 0 aliphatic carbocycles. The van der Waals surface area contributed by atoms with Crippen LogP contribution in [0.5, 0.6) is 11.5 Å². The van der Waals surface area contributed by atoms with Crippen molar-refractivity contribution in [2.24, 2.45) is 0 Å². The fraction of sp³-hybridized carbons (Fsp3) is 0.538. The van der Waals surface area contributed by atoms with Crippen LogP contribution in [0.2, 0.25) is 0 Å². The van der Waals surface area contributed by atoms with Crippen LogP contribution >= 0.6 is 31.9 Å². The van der Waals surface area contributed by atoms with Crippen molar-refractivity contribution in [3.05, 3.63) is 57.5 Å². The molecule has 2 aliphatic heterocycles. The van der Waals surface area contributed by atoms with Crippen molar-refractivity contribution in [2.45, 2.75) is 26.0 Å². The Labute approximate surface area is 221 Å². The maximum atomic E-state index is 5.89. The maximum absolute atomic E-state index is 5.89. The van der Waals surface area contributed by atoms with Crippen molar-refractivity contribution in [3.8, 4) is 11.5 Å². The van der Waals surface area contributed by atoms with Gasteiger partial charge in [-0.3, -0.25) is 9.80 Å². The summed E-state index contributed by atoms with van der Waals surface area (Å²) in [5, 5.41) is 6.72. The minimum Gasteiger partial charge on any atom is -0.492 e. The third-order valence-corrected chi connectivity index (χ3v) is 7.01. The minimum absolute atomic E-state index is 0.231. The number of halogens is 2. The topological polar surface area (TPSA) is 49.0 Å². The van der Waals surface area contributed by atoms with E-state index in [9.17, 15) is 0 Å². The summed E-state index contributed by atoms with van der Waals surface area (Å²) in [6.07, 6.45) is 0.231. The van der Waals surface area contributed by atoms with Crippen LogP contribution in [-0.2, 0) is 0 Å². The smallest absolute Gasteiger partial charge is 0.119 e. The molecule has 34 heavy (non-hydrogen) atoms. The van der Waals surface area contributed by atoms with Gasteiger partial charge in [0, 0.05) is 73.9 Å². The molecule has 8 heteroatoms. The Hall–Kier alpha value is -1.16. The zero-order chi connectivity index (χ0) is 24.2. The number of piperazine rings is 2. The highest BCUT2D eigenvalue weighted by Gasteiger charge is 2.16. The van der Waals surface area contributed by atoms with Crippen LogP contribution < -0.4 is 20.1 Å². The number of benzene rings is 2. The minimum atomic E-state index is 0.231. The van der Waals surface area contributed by atoms with Crippen LogP contribution in [0, 0.1) is 0 Å². The Balaban J connectivity index is 0.000000191. The van der Waals surface area contributed by atoms with Gasteiger partial charge in [-0.25, -0.2) is 0 Å². The normalized spacial score (nSPS) is 18.9. The number of hydrogen-bond donors (Lipinski definition) is 2. The van der Waals surface area contributed by atoms with Gasteiger partial charge in [-0.15, -0.1) is 0 Å². The molecule has 2 unspecified atom stereocenters. The molecule has 2 fully saturated rings. The van der Waals surface area contributed by atoms with E-state index in [-0.39, 0.29) is 6.10 Å². The van der Waals surface area contributed by atoms with Gasteiger partial charge in [-0.2, -0.15) is 0 Å². The molecule has 2 aliphatic rings. The average Bonchev–Trinajstić information content (AvgIpc) is 2.86. The van der Waals surface area contributed by atoms with Crippen LogP contribution in [0.25, 0.3) is 0 Å². The lowest BCUT2D eigenvalue weighted by atomic mass is 10.2. The summed E-state index contributed by atoms with van der Waals surface area (Å²) in [4.78, 5) is 4.91. The van der Waals surface area contributed by atoms with Crippen molar-refractivity contribution >= 4 is 31.9 Å². The molecule has 2 N–H and O–H groups in total. The average molecular weight is 598 g/mol. The molecule has 2 saturated heterocycles. The monoisotopic (exact) mass is 596 g/mol. The second kappa shape index (κ2) is 15.1. The molecule has 188 valence electrons. The Kier molecular flexibility index (Phi) is 12.2. The van der Waals surface area contributed by atoms with Crippen molar-refractivity contribution in [3.63, 3.8) is 0 Å². The first-order valence-electron chi connectivity index (χ1n) is 12.2. The number of ether oxygens (including phenoxy) is 2. The molecule has 0 radical (unpaired) electrons. The van der Waals surface area contributed by atoms with Crippen molar-refractivity contribution in [1.82, 2.24) is 20.4 Å². The summed E-state index contributed by atoms with van der Waals surface area (Å²) in [5.74, 6) is 1.88. The second-order valence-electron chi connectivity index (χ2n) is 8.83. The van der Waals surface area contributed by atoms with Gasteiger partial charge in [0.1, 0.15) is 24.2 Å². The van der Waals surface area contributed by atoms with E-state index in [2.05, 4.69) is 66.1 Å². The fourth-order valence-electron chi connectivity index (χ4n) is 4.02. The van der Waals surface area contributed by atoms with Crippen LogP contribution in [-0.4, -0.2) is 87.5 Å². The van der Waals surface area contributed by atoms with Gasteiger partial charge in [0.05, 0.1) is 0 Å². The van der Waals surface area contributed by atoms with Crippen molar-refractivity contribution in [1.29, 1.82) is 0 Å². The van der Waals surface area contributed by atoms with Gasteiger partial charge in [-0.1, -0.05) is 31.9 Å². The molecule has 0 amide bonds. The van der Waals surface area contributed by atoms with Crippen molar-refractivity contribution in [2.75, 3.05) is 65.5 Å². The summed E-state index contributed by atoms with van der Waals surface area (Å²) in [7, 11) is 0. The predicted molar refractivity (Wildman–Crippen MR) is 147 cm³/mol. The van der Waals surface area contributed by atoms with Gasteiger partial charge < -0.3 is 20.1 Å². The number of nitrogens with zero attached hydrogens (tertiary/aromatic N) is 2. The lowest BCUT2D eigenvalue weighted by Gasteiger charge is -2.32. The highest BCUT2D eigenvalue weighted by molar-refractivity contribution is 9.10. The number of hydrogen-bond acceptors (Lipinski definition) is 6. The first-order valence-corrected chi connectivity index (χ1v) is 13.8. The molecule has 2 aromatic carbocycles. The summed E-state index contributed by atoms with van der Waals surface area (Å²) >= 11 is 6.84. The Morgan fingerprint density at radius 2 is 1.26 bits per heavy atom. The Morgan fingerprint density at radius 1 is 0.765 bits per heavy atom. The summed E-state index contributed by atoms with van der Waals surface area (Å²) < 4.78 is 13.8. The first-order chi connectivity index (χ1) is 16.5. The van der Waals surface area contributed by atoms with E-state index in [1.165, 1.54) is 0 Å². The van der Waals surface area contributed by atoms with Crippen LogP contribution in [0.1, 0.15) is 13.8 Å². The third-order valence-electron chi connectivity index (χ3n) is 5.96. The Bertz CT molecular complexity index is 811. The number of rotatable bonds is 8. The molecule has 4 rings (SSSR count). The maximum Gasteiger partial charge on any atom is 0.119 e. The largest absolute Gasteiger partial charge is 0.492 e. The fourth-order valence-corrected chi connectivity index (χ4v) is 4.54. The molecule has 2 heterocycles. The molecule has 0 spiro atoms. The highest BCUT2D eigenvalue weighted by atomic mass is 79.9. The molecule has 0 aromatic heterocycles. The lowest BCUT2D eigenvalue weighted by molar-refractivity contribution is 0.132. The van der Waals surface area contributed by atoms with Crippen LogP contribution in [0.15, 0.2) is 57.5 Å². The van der Waals surface area contributed by atoms with E-state index in [0.29, 0.717) is 6.04 Å². The standard InChI is InChI=1S/2C13H19BrN2O/c1-11(16-8-6-15-7-9-16)10-17-13-4-2-12(14)3-5-13;1-11(10-16-8-6-15-7-9-16)17-13-4-2-12(14)3-5-13/h2*2-5,11,15H,6-10H2,1H3. The molecular weight excluding hydrogens is 560 g/mol. The summed E-state index contributed by atoms with van der Waals surface area (Å²) in [6, 6.07) is 16.5. The van der Waals surface area contributed by atoms with E-state index >= 15 is 0 Å². The molecule has 2 aromatic rings. The van der Waals surface area contributed by atoms with Crippen LogP contribution in [0.3, 0.4) is 0 Å². The summed E-state index contributed by atoms with van der Waals surface area (Å²) in [6.45, 7) is 14.9. The highest BCUT2D eigenvalue weighted by Crippen LogP contribution is 2.18. The zero-order valence-electron chi connectivity index (χ0n) is 20.3. The van der Waals surface area contributed by atoms with E-state index in [0.717, 1.165) is 86.0 Å². The van der Waals surface area contributed by atoms with E-state index in [1.54, 1.807) is 0 Å². The molecule has 2 atom stereocenters. The first kappa shape index (κ1) is 27.4. The van der Waals surface area contributed by atoms with Gasteiger partial charge in [0.2, 0.25) is 0 Å². The molecule has 0 bridgehead atoms. The summed E-state index contributed by atoms with van der Waals surface area (Å²) in [5.41, 5.74) is 0. The molecular formula is C26H38Br2N4O2. The second-order valence-corrected chi connectivity index (χ2v) is 10.7. The van der Waals surface area contributed by atoms with Gasteiger partial charge in [0.25, 0.3) is 0 Å². The number of nitrogens with one attached hydrogen (secondary N) is 2. The third kappa shape index (κ3) is 10.2. The molecule has 0 saturated carbocycles. The Morgan fingerprint density at radius 3 is 1.82 bits per heavy atom. The van der Waals surface area contributed by atoms with Gasteiger partial charge in [0.15, 0.2) is 0 Å². The SMILES string of the molecule is CC(CN1CCNCC1)Oc1ccc(Br)cc1.CC(COc1ccc(Br)cc1)N1CCNCC1. The van der Waals surface area contributed by atoms with Crippen LogP contribution in [0.4, 0.5) is 0 Å². The van der Waals surface area contributed by atoms with Crippen molar-refractivity contribution < 1.29 is 9.47 Å². The quantitative estimate of drug-likeness (QED) is 0.475. The predicted octanol–water partition coefficient (Wildman–Crippen LogP) is 4.24. The van der Waals surface area contributed by atoms with E-state index in [1.807, 2.05) is 48.5 Å².